The third-order valence-corrected chi connectivity index (χ3v) is 6.03. The molecule has 33 heavy (non-hydrogen) atoms. The summed E-state index contributed by atoms with van der Waals surface area (Å²) < 4.78 is 7.21. The molecule has 2 aromatic carbocycles. The van der Waals surface area contributed by atoms with E-state index in [1.54, 1.807) is 16.8 Å². The van der Waals surface area contributed by atoms with Gasteiger partial charge in [-0.15, -0.1) is 5.10 Å². The van der Waals surface area contributed by atoms with Gasteiger partial charge in [0.2, 0.25) is 5.91 Å². The Morgan fingerprint density at radius 3 is 2.55 bits per heavy atom. The molecule has 8 nitrogen and oxygen atoms in total. The van der Waals surface area contributed by atoms with Gasteiger partial charge in [-0.2, -0.15) is 0 Å². The highest BCUT2D eigenvalue weighted by molar-refractivity contribution is 6.01. The zero-order chi connectivity index (χ0) is 22.6. The number of carbonyl (C=O) groups excluding carboxylic acids is 2. The third kappa shape index (κ3) is 4.37. The molecule has 8 heteroatoms. The lowest BCUT2D eigenvalue weighted by Gasteiger charge is -2.30. The van der Waals surface area contributed by atoms with Gasteiger partial charge in [0, 0.05) is 11.7 Å². The molecule has 2 aromatic heterocycles. The SMILES string of the molecule is O=C(NC1CCCC1)[C@@H](c1ccco1)N(C(=O)Cn1nnc2ccccc21)c1ccccc1. The fourth-order valence-corrected chi connectivity index (χ4v) is 4.43. The molecule has 2 amide bonds. The molecule has 1 aliphatic rings. The van der Waals surface area contributed by atoms with Crippen molar-refractivity contribution in [3.05, 3.63) is 78.8 Å². The molecule has 1 saturated carbocycles. The first kappa shape index (κ1) is 20.9. The number of para-hydroxylation sites is 2. The third-order valence-electron chi connectivity index (χ3n) is 6.03. The van der Waals surface area contributed by atoms with E-state index >= 15 is 0 Å². The molecule has 5 rings (SSSR count). The van der Waals surface area contributed by atoms with Crippen LogP contribution in [0.2, 0.25) is 0 Å². The van der Waals surface area contributed by atoms with E-state index in [-0.39, 0.29) is 24.4 Å². The van der Waals surface area contributed by atoms with Crippen LogP contribution in [0.15, 0.2) is 77.4 Å². The van der Waals surface area contributed by atoms with Crippen LogP contribution in [0.4, 0.5) is 5.69 Å². The Bertz CT molecular complexity index is 1230. The Morgan fingerprint density at radius 1 is 1.03 bits per heavy atom. The lowest BCUT2D eigenvalue weighted by molar-refractivity contribution is -0.127. The second-order valence-electron chi connectivity index (χ2n) is 8.24. The predicted molar refractivity (Wildman–Crippen MR) is 123 cm³/mol. The maximum Gasteiger partial charge on any atom is 0.251 e. The zero-order valence-corrected chi connectivity index (χ0v) is 18.1. The number of fused-ring (bicyclic) bond motifs is 1. The zero-order valence-electron chi connectivity index (χ0n) is 18.1. The van der Waals surface area contributed by atoms with Crippen LogP contribution in [-0.4, -0.2) is 32.9 Å². The minimum atomic E-state index is -0.940. The number of furan rings is 1. The molecule has 0 aliphatic heterocycles. The van der Waals surface area contributed by atoms with Gasteiger partial charge in [0.25, 0.3) is 5.91 Å². The van der Waals surface area contributed by atoms with Crippen molar-refractivity contribution in [1.82, 2.24) is 20.3 Å². The summed E-state index contributed by atoms with van der Waals surface area (Å²) in [4.78, 5) is 28.8. The second-order valence-corrected chi connectivity index (χ2v) is 8.24. The number of rotatable bonds is 7. The predicted octanol–water partition coefficient (Wildman–Crippen LogP) is 3.86. The van der Waals surface area contributed by atoms with Crippen molar-refractivity contribution in [3.63, 3.8) is 0 Å². The van der Waals surface area contributed by atoms with Crippen molar-refractivity contribution >= 4 is 28.5 Å². The largest absolute Gasteiger partial charge is 0.467 e. The number of hydrogen-bond acceptors (Lipinski definition) is 5. The van der Waals surface area contributed by atoms with Crippen molar-refractivity contribution in [1.29, 1.82) is 0 Å². The average molecular weight is 444 g/mol. The van der Waals surface area contributed by atoms with E-state index in [0.29, 0.717) is 17.0 Å². The van der Waals surface area contributed by atoms with Crippen LogP contribution in [0.5, 0.6) is 0 Å². The molecule has 0 bridgehead atoms. The van der Waals surface area contributed by atoms with Crippen LogP contribution in [0.1, 0.15) is 37.5 Å². The summed E-state index contributed by atoms with van der Waals surface area (Å²) in [6.07, 6.45) is 5.60. The normalized spacial score (nSPS) is 14.9. The van der Waals surface area contributed by atoms with Crippen molar-refractivity contribution in [2.75, 3.05) is 4.90 Å². The molecule has 168 valence electrons. The minimum absolute atomic E-state index is 0.0661. The molecule has 2 heterocycles. The van der Waals surface area contributed by atoms with Gasteiger partial charge in [-0.25, -0.2) is 4.68 Å². The Kier molecular flexibility index (Phi) is 5.89. The standard InChI is InChI=1S/C25H25N5O3/c31-23(17-29-21-14-7-6-13-20(21)27-28-29)30(19-11-2-1-3-12-19)24(22-15-8-16-33-22)25(32)26-18-9-4-5-10-18/h1-3,6-8,11-16,18,24H,4-5,9-10,17H2,(H,26,32)/t24-/m1/s1. The molecule has 0 unspecified atom stereocenters. The summed E-state index contributed by atoms with van der Waals surface area (Å²) in [7, 11) is 0. The van der Waals surface area contributed by atoms with Crippen LogP contribution >= 0.6 is 0 Å². The fraction of sp³-hybridized carbons (Fsp3) is 0.280. The number of nitrogens with one attached hydrogen (secondary N) is 1. The van der Waals surface area contributed by atoms with E-state index in [1.807, 2.05) is 54.6 Å². The van der Waals surface area contributed by atoms with Crippen LogP contribution < -0.4 is 10.2 Å². The summed E-state index contributed by atoms with van der Waals surface area (Å²) in [6, 6.07) is 19.3. The average Bonchev–Trinajstić information content (AvgIpc) is 3.61. The molecule has 1 aliphatic carbocycles. The first-order chi connectivity index (χ1) is 16.2. The number of benzene rings is 2. The Hall–Kier alpha value is -3.94. The van der Waals surface area contributed by atoms with Gasteiger partial charge in [0.05, 0.1) is 11.8 Å². The number of carbonyl (C=O) groups is 2. The van der Waals surface area contributed by atoms with Gasteiger partial charge >= 0.3 is 0 Å². The first-order valence-corrected chi connectivity index (χ1v) is 11.2. The molecule has 0 saturated heterocycles. The monoisotopic (exact) mass is 443 g/mol. The van der Waals surface area contributed by atoms with Gasteiger partial charge < -0.3 is 9.73 Å². The molecule has 1 N–H and O–H groups in total. The van der Waals surface area contributed by atoms with Gasteiger partial charge in [-0.1, -0.05) is 48.4 Å². The van der Waals surface area contributed by atoms with Gasteiger partial charge in [-0.3, -0.25) is 14.5 Å². The van der Waals surface area contributed by atoms with Gasteiger partial charge in [0.15, 0.2) is 6.04 Å². The van der Waals surface area contributed by atoms with Crippen LogP contribution in [0, 0.1) is 0 Å². The number of anilines is 1. The maximum absolute atomic E-state index is 13.7. The minimum Gasteiger partial charge on any atom is -0.467 e. The van der Waals surface area contributed by atoms with E-state index in [0.717, 1.165) is 31.2 Å². The van der Waals surface area contributed by atoms with E-state index in [4.69, 9.17) is 4.42 Å². The molecule has 1 atom stereocenters. The van der Waals surface area contributed by atoms with Crippen LogP contribution in [-0.2, 0) is 16.1 Å². The lowest BCUT2D eigenvalue weighted by Crippen LogP contribution is -2.47. The summed E-state index contributed by atoms with van der Waals surface area (Å²) in [6.45, 7) is -0.0661. The highest BCUT2D eigenvalue weighted by atomic mass is 16.3. The molecule has 1 fully saturated rings. The summed E-state index contributed by atoms with van der Waals surface area (Å²) >= 11 is 0. The number of amides is 2. The van der Waals surface area contributed by atoms with Crippen molar-refractivity contribution in [2.24, 2.45) is 0 Å². The van der Waals surface area contributed by atoms with E-state index in [1.165, 1.54) is 11.2 Å². The highest BCUT2D eigenvalue weighted by Crippen LogP contribution is 2.30. The van der Waals surface area contributed by atoms with E-state index in [2.05, 4.69) is 15.6 Å². The van der Waals surface area contributed by atoms with Crippen molar-refractivity contribution in [3.8, 4) is 0 Å². The van der Waals surface area contributed by atoms with Gasteiger partial charge in [-0.05, 0) is 49.2 Å². The highest BCUT2D eigenvalue weighted by Gasteiger charge is 2.36. The Labute approximate surface area is 191 Å². The Balaban J connectivity index is 1.52. The first-order valence-electron chi connectivity index (χ1n) is 11.2. The van der Waals surface area contributed by atoms with E-state index < -0.39 is 6.04 Å². The topological polar surface area (TPSA) is 93.3 Å². The fourth-order valence-electron chi connectivity index (χ4n) is 4.43. The number of nitrogens with zero attached hydrogens (tertiary/aromatic N) is 4. The van der Waals surface area contributed by atoms with Gasteiger partial charge in [0.1, 0.15) is 17.8 Å². The van der Waals surface area contributed by atoms with Crippen LogP contribution in [0.25, 0.3) is 11.0 Å². The molecule has 4 aromatic rings. The molecular formula is C25H25N5O3. The second kappa shape index (κ2) is 9.28. The summed E-state index contributed by atoms with van der Waals surface area (Å²) in [5.74, 6) is -0.136. The molecular weight excluding hydrogens is 418 g/mol. The molecule has 0 spiro atoms. The lowest BCUT2D eigenvalue weighted by atomic mass is 10.1. The number of aromatic nitrogens is 3. The quantitative estimate of drug-likeness (QED) is 0.468. The smallest absolute Gasteiger partial charge is 0.251 e. The number of hydrogen-bond donors (Lipinski definition) is 1. The van der Waals surface area contributed by atoms with Crippen LogP contribution in [0.3, 0.4) is 0 Å². The van der Waals surface area contributed by atoms with Crippen molar-refractivity contribution < 1.29 is 14.0 Å². The maximum atomic E-state index is 13.7. The van der Waals surface area contributed by atoms with E-state index in [9.17, 15) is 9.59 Å². The Morgan fingerprint density at radius 2 is 1.79 bits per heavy atom. The van der Waals surface area contributed by atoms with Crippen molar-refractivity contribution in [2.45, 2.75) is 44.3 Å². The molecule has 0 radical (unpaired) electrons. The summed E-state index contributed by atoms with van der Waals surface area (Å²) in [5, 5.41) is 11.4. The summed E-state index contributed by atoms with van der Waals surface area (Å²) in [5.41, 5.74) is 2.07.